The summed E-state index contributed by atoms with van der Waals surface area (Å²) in [7, 11) is 1.66. The van der Waals surface area contributed by atoms with Crippen molar-refractivity contribution < 1.29 is 19.0 Å². The largest absolute Gasteiger partial charge is 0.491 e. The summed E-state index contributed by atoms with van der Waals surface area (Å²) in [6.45, 7) is 2.28. The summed E-state index contributed by atoms with van der Waals surface area (Å²) < 4.78 is 18.2. The summed E-state index contributed by atoms with van der Waals surface area (Å²) >= 11 is 0. The maximum absolute atomic E-state index is 12.8. The van der Waals surface area contributed by atoms with E-state index >= 15 is 0 Å². The fourth-order valence-corrected chi connectivity index (χ4v) is 2.66. The van der Waals surface area contributed by atoms with Crippen LogP contribution in [0, 0.1) is 11.7 Å². The van der Waals surface area contributed by atoms with Gasteiger partial charge in [0.15, 0.2) is 0 Å². The smallest absolute Gasteiger partial charge is 0.222 e. The number of aliphatic hydroxyl groups excluding tert-OH is 1. The fraction of sp³-hybridized carbons (Fsp3) is 0.562. The average molecular weight is 310 g/mol. The molecule has 1 saturated heterocycles. The molecule has 0 radical (unpaired) electrons. The number of likely N-dealkylation sites (tertiary alicyclic amines) is 1. The highest BCUT2D eigenvalue weighted by Gasteiger charge is 2.25. The van der Waals surface area contributed by atoms with Crippen LogP contribution in [0.25, 0.3) is 0 Å². The lowest BCUT2D eigenvalue weighted by molar-refractivity contribution is -0.126. The maximum Gasteiger partial charge on any atom is 0.222 e. The predicted octanol–water partition coefficient (Wildman–Crippen LogP) is 1.02. The number of halogens is 1. The molecule has 1 unspecified atom stereocenters. The van der Waals surface area contributed by atoms with Gasteiger partial charge in [0.2, 0.25) is 5.91 Å². The summed E-state index contributed by atoms with van der Waals surface area (Å²) in [5.41, 5.74) is 0. The van der Waals surface area contributed by atoms with Crippen LogP contribution in [-0.2, 0) is 4.79 Å². The van der Waals surface area contributed by atoms with Crippen LogP contribution in [0.1, 0.15) is 12.8 Å². The van der Waals surface area contributed by atoms with Gasteiger partial charge in [-0.2, -0.15) is 0 Å². The molecule has 1 aliphatic heterocycles. The Kier molecular flexibility index (Phi) is 6.15. The van der Waals surface area contributed by atoms with Crippen molar-refractivity contribution in [1.82, 2.24) is 10.2 Å². The first-order valence-corrected chi connectivity index (χ1v) is 7.59. The molecule has 1 heterocycles. The topological polar surface area (TPSA) is 61.8 Å². The van der Waals surface area contributed by atoms with Crippen LogP contribution in [0.15, 0.2) is 24.3 Å². The summed E-state index contributed by atoms with van der Waals surface area (Å²) in [6, 6.07) is 5.73. The number of rotatable bonds is 6. The standard InChI is InChI=1S/C16H23FN2O3/c1-18-16(21)12-6-8-19(9-7-12)10-14(20)11-22-15-4-2-13(17)3-5-15/h2-5,12,14,20H,6-11H2,1H3,(H,18,21). The number of carbonyl (C=O) groups excluding carboxylic acids is 1. The number of nitrogens with zero attached hydrogens (tertiary/aromatic N) is 1. The molecule has 0 aliphatic carbocycles. The van der Waals surface area contributed by atoms with Gasteiger partial charge in [-0.15, -0.1) is 0 Å². The van der Waals surface area contributed by atoms with Crippen LogP contribution in [0.4, 0.5) is 4.39 Å². The van der Waals surface area contributed by atoms with E-state index in [-0.39, 0.29) is 24.2 Å². The molecule has 6 heteroatoms. The molecule has 1 aliphatic rings. The third kappa shape index (κ3) is 4.96. The molecule has 2 N–H and O–H groups in total. The highest BCUT2D eigenvalue weighted by molar-refractivity contribution is 5.78. The van der Waals surface area contributed by atoms with Gasteiger partial charge >= 0.3 is 0 Å². The second kappa shape index (κ2) is 8.10. The SMILES string of the molecule is CNC(=O)C1CCN(CC(O)COc2ccc(F)cc2)CC1. The molecule has 0 saturated carbocycles. The van der Waals surface area contributed by atoms with E-state index in [1.165, 1.54) is 24.3 Å². The zero-order valence-corrected chi connectivity index (χ0v) is 12.8. The van der Waals surface area contributed by atoms with Gasteiger partial charge in [0.25, 0.3) is 0 Å². The van der Waals surface area contributed by atoms with Crippen molar-refractivity contribution in [2.24, 2.45) is 5.92 Å². The Morgan fingerprint density at radius 3 is 2.64 bits per heavy atom. The van der Waals surface area contributed by atoms with E-state index in [2.05, 4.69) is 10.2 Å². The van der Waals surface area contributed by atoms with Crippen molar-refractivity contribution >= 4 is 5.91 Å². The van der Waals surface area contributed by atoms with E-state index in [1.54, 1.807) is 7.05 Å². The molecule has 22 heavy (non-hydrogen) atoms. The van der Waals surface area contributed by atoms with Crippen LogP contribution >= 0.6 is 0 Å². The number of hydrogen-bond donors (Lipinski definition) is 2. The molecule has 122 valence electrons. The van der Waals surface area contributed by atoms with Crippen molar-refractivity contribution in [3.63, 3.8) is 0 Å². The van der Waals surface area contributed by atoms with Gasteiger partial charge in [-0.05, 0) is 50.2 Å². The molecule has 1 aromatic rings. The van der Waals surface area contributed by atoms with E-state index < -0.39 is 6.10 Å². The Balaban J connectivity index is 1.68. The molecule has 1 fully saturated rings. The number of amides is 1. The van der Waals surface area contributed by atoms with Gasteiger partial charge in [-0.25, -0.2) is 4.39 Å². The van der Waals surface area contributed by atoms with Gasteiger partial charge in [-0.1, -0.05) is 0 Å². The Morgan fingerprint density at radius 2 is 2.05 bits per heavy atom. The predicted molar refractivity (Wildman–Crippen MR) is 81.1 cm³/mol. The monoisotopic (exact) mass is 310 g/mol. The van der Waals surface area contributed by atoms with Crippen LogP contribution in [-0.4, -0.2) is 55.3 Å². The number of nitrogens with one attached hydrogen (secondary N) is 1. The van der Waals surface area contributed by atoms with Crippen molar-refractivity contribution in [2.45, 2.75) is 18.9 Å². The van der Waals surface area contributed by atoms with Gasteiger partial charge in [0.1, 0.15) is 24.3 Å². The molecule has 0 bridgehead atoms. The average Bonchev–Trinajstić information content (AvgIpc) is 2.54. The molecule has 1 aromatic carbocycles. The molecule has 2 rings (SSSR count). The fourth-order valence-electron chi connectivity index (χ4n) is 2.66. The highest BCUT2D eigenvalue weighted by atomic mass is 19.1. The van der Waals surface area contributed by atoms with Crippen molar-refractivity contribution in [3.05, 3.63) is 30.1 Å². The number of piperidine rings is 1. The number of hydrogen-bond acceptors (Lipinski definition) is 4. The first kappa shape index (κ1) is 16.7. The maximum atomic E-state index is 12.8. The van der Waals surface area contributed by atoms with E-state index in [1.807, 2.05) is 0 Å². The number of carbonyl (C=O) groups is 1. The zero-order chi connectivity index (χ0) is 15.9. The Morgan fingerprint density at radius 1 is 1.41 bits per heavy atom. The highest BCUT2D eigenvalue weighted by Crippen LogP contribution is 2.17. The normalized spacial score (nSPS) is 18.0. The van der Waals surface area contributed by atoms with E-state index in [0.29, 0.717) is 12.3 Å². The summed E-state index contributed by atoms with van der Waals surface area (Å²) in [5, 5.41) is 12.7. The molecular weight excluding hydrogens is 287 g/mol. The van der Waals surface area contributed by atoms with Gasteiger partial charge in [0.05, 0.1) is 0 Å². The molecule has 0 spiro atoms. The van der Waals surface area contributed by atoms with E-state index in [9.17, 15) is 14.3 Å². The quantitative estimate of drug-likeness (QED) is 0.824. The lowest BCUT2D eigenvalue weighted by Gasteiger charge is -2.32. The zero-order valence-electron chi connectivity index (χ0n) is 12.8. The minimum absolute atomic E-state index is 0.0776. The van der Waals surface area contributed by atoms with E-state index in [0.717, 1.165) is 25.9 Å². The first-order chi connectivity index (χ1) is 10.6. The third-order valence-corrected chi connectivity index (χ3v) is 3.93. The van der Waals surface area contributed by atoms with Crippen LogP contribution < -0.4 is 10.1 Å². The Bertz CT molecular complexity index is 473. The number of β-amino-alcohol motifs (C(OH)–C–C–N with tert-alkyl or cyclic N) is 1. The van der Waals surface area contributed by atoms with Crippen molar-refractivity contribution in [2.75, 3.05) is 33.3 Å². The second-order valence-electron chi connectivity index (χ2n) is 5.61. The van der Waals surface area contributed by atoms with Crippen molar-refractivity contribution in [3.8, 4) is 5.75 Å². The molecular formula is C16H23FN2O3. The van der Waals surface area contributed by atoms with Crippen LogP contribution in [0.2, 0.25) is 0 Å². The lowest BCUT2D eigenvalue weighted by Crippen LogP contribution is -2.43. The van der Waals surface area contributed by atoms with Crippen molar-refractivity contribution in [1.29, 1.82) is 0 Å². The first-order valence-electron chi connectivity index (χ1n) is 7.59. The molecule has 1 atom stereocenters. The molecule has 1 amide bonds. The van der Waals surface area contributed by atoms with Crippen LogP contribution in [0.3, 0.4) is 0 Å². The molecule has 5 nitrogen and oxygen atoms in total. The number of aliphatic hydroxyl groups is 1. The summed E-state index contributed by atoms with van der Waals surface area (Å²) in [6.07, 6.45) is 1.01. The van der Waals surface area contributed by atoms with Gasteiger partial charge in [-0.3, -0.25) is 4.79 Å². The van der Waals surface area contributed by atoms with Gasteiger partial charge in [0, 0.05) is 19.5 Å². The number of ether oxygens (including phenoxy) is 1. The Labute approximate surface area is 130 Å². The molecule has 0 aromatic heterocycles. The van der Waals surface area contributed by atoms with Crippen LogP contribution in [0.5, 0.6) is 5.75 Å². The van der Waals surface area contributed by atoms with Gasteiger partial charge < -0.3 is 20.1 Å². The summed E-state index contributed by atoms with van der Waals surface area (Å²) in [4.78, 5) is 13.7. The van der Waals surface area contributed by atoms with E-state index in [4.69, 9.17) is 4.74 Å². The Hall–Kier alpha value is -1.66. The minimum atomic E-state index is -0.610. The second-order valence-corrected chi connectivity index (χ2v) is 5.61. The third-order valence-electron chi connectivity index (χ3n) is 3.93. The summed E-state index contributed by atoms with van der Waals surface area (Å²) in [5.74, 6) is 0.402. The minimum Gasteiger partial charge on any atom is -0.491 e. The number of benzene rings is 1. The lowest BCUT2D eigenvalue weighted by atomic mass is 9.96.